The van der Waals surface area contributed by atoms with Gasteiger partial charge in [-0.15, -0.1) is 0 Å². The number of hydrogen-bond donors (Lipinski definition) is 0. The Balaban J connectivity index is 1.50. The van der Waals surface area contributed by atoms with Gasteiger partial charge in [-0.05, 0) is 66.8 Å². The van der Waals surface area contributed by atoms with E-state index in [-0.39, 0.29) is 29.9 Å². The number of Topliss-reactive ketones (excluding diaryl/α,β-unsaturated/α-hetero) is 2. The van der Waals surface area contributed by atoms with Crippen molar-refractivity contribution in [1.29, 1.82) is 0 Å². The molecular formula is C35H31FO4. The second kappa shape index (κ2) is 11.7. The summed E-state index contributed by atoms with van der Waals surface area (Å²) in [6.45, 7) is 3.74. The second-order valence-electron chi connectivity index (χ2n) is 10.1. The van der Waals surface area contributed by atoms with Crippen LogP contribution in [0, 0.1) is 18.7 Å². The fourth-order valence-electron chi connectivity index (χ4n) is 5.43. The molecule has 1 aliphatic carbocycles. The molecule has 202 valence electrons. The van der Waals surface area contributed by atoms with E-state index in [1.807, 2.05) is 73.7 Å². The van der Waals surface area contributed by atoms with E-state index in [1.165, 1.54) is 19.1 Å². The average Bonchev–Trinajstić information content (AvgIpc) is 3.41. The summed E-state index contributed by atoms with van der Waals surface area (Å²) in [5.41, 5.74) is 5.86. The van der Waals surface area contributed by atoms with Gasteiger partial charge >= 0.3 is 0 Å². The maximum atomic E-state index is 14.0. The van der Waals surface area contributed by atoms with Crippen molar-refractivity contribution in [3.8, 4) is 11.5 Å². The van der Waals surface area contributed by atoms with Gasteiger partial charge in [0.2, 0.25) is 0 Å². The topological polar surface area (TPSA) is 52.6 Å². The molecule has 4 aromatic rings. The van der Waals surface area contributed by atoms with Gasteiger partial charge in [-0.25, -0.2) is 4.39 Å². The SMILES string of the molecule is COc1c(OCc2cccc(C(C)=O)c2)cccc1C1CC(c2ccc(F)cc2)=CC1C(=O)c1ccccc1C. The molecule has 0 N–H and O–H groups in total. The zero-order valence-corrected chi connectivity index (χ0v) is 22.8. The number of rotatable bonds is 9. The summed E-state index contributed by atoms with van der Waals surface area (Å²) in [6, 6.07) is 27.1. The standard InChI is InChI=1S/C35H31FO4/c1-22-8-4-5-11-29(22)34(38)32-20-27(25-14-16-28(36)17-15-25)19-31(32)30-12-7-13-33(35(30)39-3)40-21-24-9-6-10-26(18-24)23(2)37/h4-18,20,31-32H,19,21H2,1-3H3. The van der Waals surface area contributed by atoms with Gasteiger partial charge in [-0.2, -0.15) is 0 Å². The van der Waals surface area contributed by atoms with E-state index in [0.717, 1.165) is 27.8 Å². The molecule has 1 aliphatic rings. The number of carbonyl (C=O) groups excluding carboxylic acids is 2. The van der Waals surface area contributed by atoms with Gasteiger partial charge in [0.1, 0.15) is 12.4 Å². The molecule has 0 fully saturated rings. The highest BCUT2D eigenvalue weighted by molar-refractivity contribution is 6.02. The zero-order chi connectivity index (χ0) is 28.2. The summed E-state index contributed by atoms with van der Waals surface area (Å²) in [5, 5.41) is 0. The second-order valence-corrected chi connectivity index (χ2v) is 10.1. The Morgan fingerprint density at radius 2 is 1.68 bits per heavy atom. The molecule has 0 aliphatic heterocycles. The zero-order valence-electron chi connectivity index (χ0n) is 22.8. The summed E-state index contributed by atoms with van der Waals surface area (Å²) in [5.74, 6) is 0.235. The van der Waals surface area contributed by atoms with E-state index >= 15 is 0 Å². The number of methoxy groups -OCH3 is 1. The summed E-state index contributed by atoms with van der Waals surface area (Å²) in [6.07, 6.45) is 2.61. The van der Waals surface area contributed by atoms with Crippen molar-refractivity contribution < 1.29 is 23.5 Å². The Labute approximate surface area is 234 Å². The lowest BCUT2D eigenvalue weighted by atomic mass is 9.82. The predicted molar refractivity (Wildman–Crippen MR) is 155 cm³/mol. The van der Waals surface area contributed by atoms with Gasteiger partial charge in [0.05, 0.1) is 7.11 Å². The van der Waals surface area contributed by atoms with Gasteiger partial charge in [-0.3, -0.25) is 9.59 Å². The van der Waals surface area contributed by atoms with Crippen LogP contribution in [0.2, 0.25) is 0 Å². The van der Waals surface area contributed by atoms with Crippen LogP contribution in [0.25, 0.3) is 5.57 Å². The van der Waals surface area contributed by atoms with Gasteiger partial charge < -0.3 is 9.47 Å². The normalized spacial score (nSPS) is 16.4. The van der Waals surface area contributed by atoms with Crippen LogP contribution in [-0.4, -0.2) is 18.7 Å². The summed E-state index contributed by atoms with van der Waals surface area (Å²) < 4.78 is 25.7. The number of ether oxygens (including phenoxy) is 2. The van der Waals surface area contributed by atoms with Crippen molar-refractivity contribution >= 4 is 17.1 Å². The van der Waals surface area contributed by atoms with Crippen molar-refractivity contribution in [3.05, 3.63) is 136 Å². The largest absolute Gasteiger partial charge is 0.493 e. The van der Waals surface area contributed by atoms with Crippen molar-refractivity contribution in [2.45, 2.75) is 32.8 Å². The first kappa shape index (κ1) is 27.1. The van der Waals surface area contributed by atoms with Crippen LogP contribution in [-0.2, 0) is 6.61 Å². The minimum atomic E-state index is -0.433. The number of allylic oxidation sites excluding steroid dienone is 2. The van der Waals surface area contributed by atoms with Crippen LogP contribution in [0.4, 0.5) is 4.39 Å². The first-order chi connectivity index (χ1) is 19.4. The lowest BCUT2D eigenvalue weighted by Crippen LogP contribution is -2.19. The minimum absolute atomic E-state index is 0.00326. The Kier molecular flexibility index (Phi) is 7.92. The smallest absolute Gasteiger partial charge is 0.170 e. The van der Waals surface area contributed by atoms with E-state index in [2.05, 4.69) is 0 Å². The summed E-state index contributed by atoms with van der Waals surface area (Å²) in [7, 11) is 1.60. The van der Waals surface area contributed by atoms with Gasteiger partial charge in [-0.1, -0.05) is 72.8 Å². The highest BCUT2D eigenvalue weighted by atomic mass is 19.1. The first-order valence-electron chi connectivity index (χ1n) is 13.3. The molecule has 0 spiro atoms. The highest BCUT2D eigenvalue weighted by Crippen LogP contribution is 2.49. The lowest BCUT2D eigenvalue weighted by molar-refractivity contribution is 0.0932. The van der Waals surface area contributed by atoms with Crippen LogP contribution in [0.15, 0.2) is 97.1 Å². The number of ketones is 2. The first-order valence-corrected chi connectivity index (χ1v) is 13.3. The summed E-state index contributed by atoms with van der Waals surface area (Å²) >= 11 is 0. The third-order valence-electron chi connectivity index (χ3n) is 7.52. The maximum Gasteiger partial charge on any atom is 0.170 e. The van der Waals surface area contributed by atoms with Crippen molar-refractivity contribution in [1.82, 2.24) is 0 Å². The number of aryl methyl sites for hydroxylation is 1. The molecule has 5 heteroatoms. The number of halogens is 1. The molecule has 0 radical (unpaired) electrons. The minimum Gasteiger partial charge on any atom is -0.493 e. The molecule has 2 unspecified atom stereocenters. The molecule has 0 aromatic heterocycles. The monoisotopic (exact) mass is 534 g/mol. The molecule has 4 aromatic carbocycles. The fraction of sp³-hybridized carbons (Fsp3) is 0.200. The Bertz CT molecular complexity index is 1590. The quantitative estimate of drug-likeness (QED) is 0.204. The lowest BCUT2D eigenvalue weighted by Gasteiger charge is -2.23. The average molecular weight is 535 g/mol. The molecule has 2 atom stereocenters. The van der Waals surface area contributed by atoms with Gasteiger partial charge in [0.15, 0.2) is 23.1 Å². The molecule has 0 bridgehead atoms. The van der Waals surface area contributed by atoms with Crippen molar-refractivity contribution in [2.24, 2.45) is 5.92 Å². The van der Waals surface area contributed by atoms with Crippen LogP contribution >= 0.6 is 0 Å². The fourth-order valence-corrected chi connectivity index (χ4v) is 5.43. The van der Waals surface area contributed by atoms with Crippen molar-refractivity contribution in [3.63, 3.8) is 0 Å². The molecule has 0 saturated heterocycles. The molecule has 4 nitrogen and oxygen atoms in total. The molecule has 5 rings (SSSR count). The van der Waals surface area contributed by atoms with E-state index < -0.39 is 5.92 Å². The number of para-hydroxylation sites is 1. The highest BCUT2D eigenvalue weighted by Gasteiger charge is 2.37. The van der Waals surface area contributed by atoms with E-state index in [4.69, 9.17) is 9.47 Å². The van der Waals surface area contributed by atoms with E-state index in [0.29, 0.717) is 29.0 Å². The van der Waals surface area contributed by atoms with E-state index in [9.17, 15) is 14.0 Å². The number of hydrogen-bond acceptors (Lipinski definition) is 4. The third-order valence-corrected chi connectivity index (χ3v) is 7.52. The maximum absolute atomic E-state index is 14.0. The molecule has 0 amide bonds. The Hall–Kier alpha value is -4.51. The van der Waals surface area contributed by atoms with Gasteiger partial charge in [0, 0.05) is 28.5 Å². The van der Waals surface area contributed by atoms with Crippen LogP contribution in [0.5, 0.6) is 11.5 Å². The van der Waals surface area contributed by atoms with Crippen molar-refractivity contribution in [2.75, 3.05) is 7.11 Å². The Morgan fingerprint density at radius 1 is 0.925 bits per heavy atom. The van der Waals surface area contributed by atoms with Crippen LogP contribution in [0.1, 0.15) is 62.2 Å². The van der Waals surface area contributed by atoms with Crippen LogP contribution < -0.4 is 9.47 Å². The van der Waals surface area contributed by atoms with E-state index in [1.54, 1.807) is 25.3 Å². The number of carbonyl (C=O) groups is 2. The molecule has 0 heterocycles. The molecule has 40 heavy (non-hydrogen) atoms. The predicted octanol–water partition coefficient (Wildman–Crippen LogP) is 7.99. The Morgan fingerprint density at radius 3 is 2.40 bits per heavy atom. The molecular weight excluding hydrogens is 503 g/mol. The molecule has 0 saturated carbocycles. The van der Waals surface area contributed by atoms with Gasteiger partial charge in [0.25, 0.3) is 0 Å². The summed E-state index contributed by atoms with van der Waals surface area (Å²) in [4.78, 5) is 25.8. The van der Waals surface area contributed by atoms with Crippen LogP contribution in [0.3, 0.4) is 0 Å². The third kappa shape index (κ3) is 5.59. The number of benzene rings is 4.